The van der Waals surface area contributed by atoms with E-state index in [2.05, 4.69) is 20.9 Å². The number of aromatic nitrogens is 1. The highest BCUT2D eigenvalue weighted by molar-refractivity contribution is 9.10. The molecule has 5 heteroatoms. The minimum absolute atomic E-state index is 0.157. The van der Waals surface area contributed by atoms with Gasteiger partial charge in [-0.25, -0.2) is 4.98 Å². The topological polar surface area (TPSA) is 12.9 Å². The fourth-order valence-corrected chi connectivity index (χ4v) is 1.37. The molecule has 0 fully saturated rings. The van der Waals surface area contributed by atoms with Crippen LogP contribution in [-0.4, -0.2) is 4.98 Å². The molecule has 0 amide bonds. The first-order valence-electron chi connectivity index (χ1n) is 3.11. The van der Waals surface area contributed by atoms with Crippen molar-refractivity contribution in [2.24, 2.45) is 0 Å². The predicted octanol–water partition coefficient (Wildman–Crippen LogP) is 3.17. The maximum atomic E-state index is 12.1. The van der Waals surface area contributed by atoms with Crippen LogP contribution >= 0.6 is 15.9 Å². The van der Waals surface area contributed by atoms with Crippen LogP contribution in [0.15, 0.2) is 16.7 Å². The van der Waals surface area contributed by atoms with Gasteiger partial charge in [0.2, 0.25) is 0 Å². The van der Waals surface area contributed by atoms with Gasteiger partial charge in [0.15, 0.2) is 0 Å². The summed E-state index contributed by atoms with van der Waals surface area (Å²) >= 11 is 2.75. The zero-order valence-electron chi connectivity index (χ0n) is 6.11. The molecule has 12 heavy (non-hydrogen) atoms. The summed E-state index contributed by atoms with van der Waals surface area (Å²) in [6.07, 6.45) is -4.33. The molecule has 0 aliphatic carbocycles. The van der Waals surface area contributed by atoms with E-state index < -0.39 is 11.7 Å². The van der Waals surface area contributed by atoms with Crippen LogP contribution < -0.4 is 0 Å². The maximum Gasteiger partial charge on any atom is 0.419 e. The Morgan fingerprint density at radius 3 is 2.33 bits per heavy atom. The summed E-state index contributed by atoms with van der Waals surface area (Å²) in [7, 11) is 0. The number of nitrogens with zero attached hydrogens (tertiary/aromatic N) is 1. The third-order valence-corrected chi connectivity index (χ3v) is 1.90. The van der Waals surface area contributed by atoms with Crippen LogP contribution in [0.2, 0.25) is 0 Å². The number of halogens is 4. The molecular formula is C7H5BrF3N. The van der Waals surface area contributed by atoms with E-state index in [9.17, 15) is 13.2 Å². The van der Waals surface area contributed by atoms with Crippen LogP contribution in [0.3, 0.4) is 0 Å². The lowest BCUT2D eigenvalue weighted by atomic mass is 10.2. The number of hydrogen-bond donors (Lipinski definition) is 0. The van der Waals surface area contributed by atoms with Crippen LogP contribution in [0.25, 0.3) is 0 Å². The summed E-state index contributed by atoms with van der Waals surface area (Å²) in [6.45, 7) is 1.63. The van der Waals surface area contributed by atoms with Crippen molar-refractivity contribution in [3.05, 3.63) is 28.0 Å². The van der Waals surface area contributed by atoms with E-state index >= 15 is 0 Å². The standard InChI is InChI=1S/C7H5BrF3N/c1-4-2-3-5(6(8)12-4)7(9,10)11/h2-3H,1H3. The average molecular weight is 240 g/mol. The van der Waals surface area contributed by atoms with Crippen LogP contribution in [0.4, 0.5) is 13.2 Å². The Kier molecular flexibility index (Phi) is 2.41. The Morgan fingerprint density at radius 1 is 1.33 bits per heavy atom. The summed E-state index contributed by atoms with van der Waals surface area (Å²) in [6, 6.07) is 2.33. The second-order valence-corrected chi connectivity index (χ2v) is 3.04. The Hall–Kier alpha value is -0.580. The molecule has 0 radical (unpaired) electrons. The Morgan fingerprint density at radius 2 is 1.92 bits per heavy atom. The molecule has 1 heterocycles. The molecule has 1 aromatic rings. The normalized spacial score (nSPS) is 11.8. The molecule has 1 aromatic heterocycles. The third kappa shape index (κ3) is 1.97. The molecular weight excluding hydrogens is 235 g/mol. The van der Waals surface area contributed by atoms with Crippen molar-refractivity contribution in [3.63, 3.8) is 0 Å². The molecule has 0 aromatic carbocycles. The minimum atomic E-state index is -4.33. The first-order valence-corrected chi connectivity index (χ1v) is 3.91. The van der Waals surface area contributed by atoms with Gasteiger partial charge < -0.3 is 0 Å². The predicted molar refractivity (Wildman–Crippen MR) is 41.7 cm³/mol. The first-order chi connectivity index (χ1) is 5.41. The third-order valence-electron chi connectivity index (χ3n) is 1.29. The number of aryl methyl sites for hydroxylation is 1. The highest BCUT2D eigenvalue weighted by Gasteiger charge is 2.33. The van der Waals surface area contributed by atoms with Crippen molar-refractivity contribution in [3.8, 4) is 0 Å². The number of hydrogen-bond acceptors (Lipinski definition) is 1. The molecule has 0 unspecified atom stereocenters. The van der Waals surface area contributed by atoms with Gasteiger partial charge >= 0.3 is 6.18 Å². The van der Waals surface area contributed by atoms with Crippen LogP contribution in [0.5, 0.6) is 0 Å². The molecule has 66 valence electrons. The SMILES string of the molecule is Cc1ccc(C(F)(F)F)c(Br)n1. The average Bonchev–Trinajstić information content (AvgIpc) is 1.83. The lowest BCUT2D eigenvalue weighted by Crippen LogP contribution is -2.07. The maximum absolute atomic E-state index is 12.1. The van der Waals surface area contributed by atoms with Gasteiger partial charge in [-0.15, -0.1) is 0 Å². The smallest absolute Gasteiger partial charge is 0.246 e. The van der Waals surface area contributed by atoms with E-state index in [-0.39, 0.29) is 4.60 Å². The van der Waals surface area contributed by atoms with Gasteiger partial charge in [0, 0.05) is 5.69 Å². The molecule has 0 aliphatic heterocycles. The van der Waals surface area contributed by atoms with E-state index in [0.717, 1.165) is 6.07 Å². The zero-order chi connectivity index (χ0) is 9.35. The second-order valence-electron chi connectivity index (χ2n) is 2.29. The van der Waals surface area contributed by atoms with E-state index in [1.54, 1.807) is 6.92 Å². The van der Waals surface area contributed by atoms with Crippen molar-refractivity contribution >= 4 is 15.9 Å². The second kappa shape index (κ2) is 3.05. The van der Waals surface area contributed by atoms with Gasteiger partial charge in [0.05, 0.1) is 5.56 Å². The lowest BCUT2D eigenvalue weighted by molar-refractivity contribution is -0.138. The molecule has 1 nitrogen and oxygen atoms in total. The molecule has 0 atom stereocenters. The monoisotopic (exact) mass is 239 g/mol. The van der Waals surface area contributed by atoms with Gasteiger partial charge in [-0.3, -0.25) is 0 Å². The fraction of sp³-hybridized carbons (Fsp3) is 0.286. The van der Waals surface area contributed by atoms with Gasteiger partial charge in [-0.1, -0.05) is 0 Å². The van der Waals surface area contributed by atoms with E-state index in [1.165, 1.54) is 6.07 Å². The zero-order valence-corrected chi connectivity index (χ0v) is 7.70. The molecule has 0 saturated heterocycles. The largest absolute Gasteiger partial charge is 0.419 e. The van der Waals surface area contributed by atoms with Crippen molar-refractivity contribution in [2.75, 3.05) is 0 Å². The van der Waals surface area contributed by atoms with Crippen LogP contribution in [-0.2, 0) is 6.18 Å². The van der Waals surface area contributed by atoms with Crippen molar-refractivity contribution in [1.82, 2.24) is 4.98 Å². The van der Waals surface area contributed by atoms with Gasteiger partial charge in [0.1, 0.15) is 4.60 Å². The van der Waals surface area contributed by atoms with Crippen molar-refractivity contribution in [1.29, 1.82) is 0 Å². The summed E-state index contributed by atoms with van der Waals surface area (Å²) in [5, 5.41) is 0. The van der Waals surface area contributed by atoms with E-state index in [0.29, 0.717) is 5.69 Å². The van der Waals surface area contributed by atoms with Gasteiger partial charge in [-0.2, -0.15) is 13.2 Å². The molecule has 0 saturated carbocycles. The molecule has 0 aliphatic rings. The number of rotatable bonds is 0. The highest BCUT2D eigenvalue weighted by atomic mass is 79.9. The summed E-state index contributed by atoms with van der Waals surface area (Å²) in [5.41, 5.74) is -0.192. The van der Waals surface area contributed by atoms with Crippen LogP contribution in [0.1, 0.15) is 11.3 Å². The Labute approximate surface area is 75.7 Å². The Bertz CT molecular complexity index is 295. The summed E-state index contributed by atoms with van der Waals surface area (Å²) in [5.74, 6) is 0. The highest BCUT2D eigenvalue weighted by Crippen LogP contribution is 2.33. The van der Waals surface area contributed by atoms with Gasteiger partial charge in [0.25, 0.3) is 0 Å². The van der Waals surface area contributed by atoms with Crippen LogP contribution in [0, 0.1) is 6.92 Å². The molecule has 0 N–H and O–H groups in total. The summed E-state index contributed by atoms with van der Waals surface area (Å²) < 4.78 is 36.2. The molecule has 1 rings (SSSR count). The molecule has 0 bridgehead atoms. The van der Waals surface area contributed by atoms with Crippen molar-refractivity contribution in [2.45, 2.75) is 13.1 Å². The van der Waals surface area contributed by atoms with E-state index in [4.69, 9.17) is 0 Å². The summed E-state index contributed by atoms with van der Waals surface area (Å²) in [4.78, 5) is 3.64. The van der Waals surface area contributed by atoms with E-state index in [1.807, 2.05) is 0 Å². The Balaban J connectivity index is 3.19. The van der Waals surface area contributed by atoms with Gasteiger partial charge in [-0.05, 0) is 35.0 Å². The van der Waals surface area contributed by atoms with Crippen molar-refractivity contribution < 1.29 is 13.2 Å². The number of alkyl halides is 3. The number of pyridine rings is 1. The minimum Gasteiger partial charge on any atom is -0.246 e. The lowest BCUT2D eigenvalue weighted by Gasteiger charge is -2.07. The first kappa shape index (κ1) is 9.51. The quantitative estimate of drug-likeness (QED) is 0.634. The molecule has 0 spiro atoms. The fourth-order valence-electron chi connectivity index (χ4n) is 0.736.